The Morgan fingerprint density at radius 3 is 2.42 bits per heavy atom. The predicted octanol–water partition coefficient (Wildman–Crippen LogP) is -3.80. The van der Waals surface area contributed by atoms with E-state index in [0.29, 0.717) is 0 Å². The third-order valence-electron chi connectivity index (χ3n) is 3.44. The second kappa shape index (κ2) is 5.67. The van der Waals surface area contributed by atoms with Gasteiger partial charge < -0.3 is 41.1 Å². The van der Waals surface area contributed by atoms with E-state index < -0.39 is 54.7 Å². The van der Waals surface area contributed by atoms with Crippen LogP contribution in [0.3, 0.4) is 0 Å². The molecule has 9 heteroatoms. The van der Waals surface area contributed by atoms with E-state index in [0.717, 1.165) is 0 Å². The molecule has 0 bridgehead atoms. The van der Waals surface area contributed by atoms with Gasteiger partial charge in [-0.15, -0.1) is 0 Å². The van der Waals surface area contributed by atoms with Crippen molar-refractivity contribution >= 4 is 5.97 Å². The Balaban J connectivity index is 3.04. The number of aliphatic carboxylic acids is 1. The molecule has 0 spiro atoms. The van der Waals surface area contributed by atoms with Gasteiger partial charge in [0, 0.05) is 5.92 Å². The summed E-state index contributed by atoms with van der Waals surface area (Å²) in [6, 6.07) is -1.23. The van der Waals surface area contributed by atoms with E-state index in [4.69, 9.17) is 20.7 Å². The van der Waals surface area contributed by atoms with Gasteiger partial charge in [-0.05, 0) is 0 Å². The summed E-state index contributed by atoms with van der Waals surface area (Å²) in [6.07, 6.45) is -6.42. The number of ether oxygens (including phenoxy) is 1. The summed E-state index contributed by atoms with van der Waals surface area (Å²) in [7, 11) is 0. The number of carboxylic acid groups (broad SMARTS) is 1. The lowest BCUT2D eigenvalue weighted by Gasteiger charge is -2.46. The van der Waals surface area contributed by atoms with Crippen molar-refractivity contribution in [2.45, 2.75) is 43.2 Å². The molecule has 0 amide bonds. The highest BCUT2D eigenvalue weighted by atomic mass is 16.7. The molecule has 8 N–H and O–H groups in total. The predicted molar refractivity (Wildman–Crippen MR) is 59.7 cm³/mol. The molecule has 0 aromatic carbocycles. The maximum absolute atomic E-state index is 11.0. The normalized spacial score (nSPS) is 42.7. The molecule has 9 nitrogen and oxygen atoms in total. The van der Waals surface area contributed by atoms with Crippen molar-refractivity contribution < 1.29 is 40.2 Å². The summed E-state index contributed by atoms with van der Waals surface area (Å²) < 4.78 is 4.86. The van der Waals surface area contributed by atoms with Gasteiger partial charge in [0.2, 0.25) is 0 Å². The second-order valence-corrected chi connectivity index (χ2v) is 4.68. The molecule has 1 heterocycles. The fourth-order valence-corrected chi connectivity index (χ4v) is 2.02. The largest absolute Gasteiger partial charge is 0.477 e. The molecule has 0 aromatic rings. The van der Waals surface area contributed by atoms with Crippen LogP contribution >= 0.6 is 0 Å². The summed E-state index contributed by atoms with van der Waals surface area (Å²) in [6.45, 7) is 0.411. The highest BCUT2D eigenvalue weighted by molar-refractivity contribution is 5.76. The van der Waals surface area contributed by atoms with Crippen LogP contribution < -0.4 is 5.73 Å². The van der Waals surface area contributed by atoms with E-state index in [9.17, 15) is 25.2 Å². The van der Waals surface area contributed by atoms with Crippen molar-refractivity contribution in [1.29, 1.82) is 0 Å². The van der Waals surface area contributed by atoms with Crippen LogP contribution in [0.4, 0.5) is 0 Å². The van der Waals surface area contributed by atoms with E-state index >= 15 is 0 Å². The van der Waals surface area contributed by atoms with Gasteiger partial charge in [0.15, 0.2) is 0 Å². The number of rotatable bonds is 4. The van der Waals surface area contributed by atoms with Gasteiger partial charge in [-0.2, -0.15) is 0 Å². The molecule has 1 aliphatic heterocycles. The van der Waals surface area contributed by atoms with Gasteiger partial charge >= 0.3 is 5.97 Å². The molecule has 1 aliphatic rings. The Kier molecular flexibility index (Phi) is 4.85. The van der Waals surface area contributed by atoms with Crippen molar-refractivity contribution in [2.24, 2.45) is 11.7 Å². The molecule has 0 aromatic heterocycles. The van der Waals surface area contributed by atoms with E-state index in [1.54, 1.807) is 0 Å². The zero-order valence-corrected chi connectivity index (χ0v) is 10.2. The second-order valence-electron chi connectivity index (χ2n) is 4.68. The zero-order chi connectivity index (χ0) is 15.0. The summed E-state index contributed by atoms with van der Waals surface area (Å²) >= 11 is 0. The van der Waals surface area contributed by atoms with Crippen molar-refractivity contribution in [2.75, 3.05) is 6.61 Å². The van der Waals surface area contributed by atoms with Crippen LogP contribution in [-0.4, -0.2) is 79.5 Å². The van der Waals surface area contributed by atoms with E-state index in [2.05, 4.69) is 0 Å². The van der Waals surface area contributed by atoms with Gasteiger partial charge in [0.1, 0.15) is 18.3 Å². The van der Waals surface area contributed by atoms with Crippen LogP contribution in [0.15, 0.2) is 0 Å². The summed E-state index contributed by atoms with van der Waals surface area (Å²) in [5.41, 5.74) is 5.60. The maximum Gasteiger partial charge on any atom is 0.364 e. The molecule has 0 saturated carbocycles. The summed E-state index contributed by atoms with van der Waals surface area (Å²) in [5, 5.41) is 56.4. The molecule has 0 radical (unpaired) electrons. The molecule has 6 unspecified atom stereocenters. The van der Waals surface area contributed by atoms with Crippen LogP contribution in [0.25, 0.3) is 0 Å². The highest BCUT2D eigenvalue weighted by Crippen LogP contribution is 2.34. The average molecular weight is 281 g/mol. The molecular weight excluding hydrogens is 262 g/mol. The minimum Gasteiger partial charge on any atom is -0.477 e. The molecule has 1 fully saturated rings. The smallest absolute Gasteiger partial charge is 0.364 e. The Hall–Kier alpha value is -0.810. The van der Waals surface area contributed by atoms with Crippen LogP contribution in [0.2, 0.25) is 0 Å². The lowest BCUT2D eigenvalue weighted by atomic mass is 9.82. The first kappa shape index (κ1) is 16.2. The number of aliphatic hydroxyl groups excluding tert-OH is 4. The van der Waals surface area contributed by atoms with Crippen molar-refractivity contribution in [3.8, 4) is 0 Å². The Bertz CT molecular complexity index is 335. The third kappa shape index (κ3) is 2.72. The van der Waals surface area contributed by atoms with E-state index in [1.807, 2.05) is 0 Å². The van der Waals surface area contributed by atoms with Crippen molar-refractivity contribution in [3.63, 3.8) is 0 Å². The first-order chi connectivity index (χ1) is 8.66. The molecule has 112 valence electrons. The van der Waals surface area contributed by atoms with Crippen molar-refractivity contribution in [3.05, 3.63) is 0 Å². The van der Waals surface area contributed by atoms with Crippen molar-refractivity contribution in [1.82, 2.24) is 0 Å². The monoisotopic (exact) mass is 281 g/mol. The quantitative estimate of drug-likeness (QED) is 0.272. The first-order valence-electron chi connectivity index (χ1n) is 5.71. The van der Waals surface area contributed by atoms with E-state index in [-0.39, 0.29) is 0 Å². The highest BCUT2D eigenvalue weighted by Gasteiger charge is 2.57. The number of nitrogens with two attached hydrogens (primary N) is 1. The number of carbonyl (C=O) groups is 1. The first-order valence-corrected chi connectivity index (χ1v) is 5.71. The van der Waals surface area contributed by atoms with Gasteiger partial charge in [0.25, 0.3) is 5.79 Å². The minimum atomic E-state index is -2.74. The lowest BCUT2D eigenvalue weighted by molar-refractivity contribution is -0.315. The van der Waals surface area contributed by atoms with Gasteiger partial charge in [0.05, 0.1) is 18.8 Å². The SMILES string of the molecule is CC1C(O)C(N)C(C(O)[C@H](O)CO)OC1(O)C(=O)O. The Labute approximate surface area is 108 Å². The summed E-state index contributed by atoms with van der Waals surface area (Å²) in [4.78, 5) is 11.0. The molecule has 1 saturated heterocycles. The van der Waals surface area contributed by atoms with Crippen LogP contribution in [0.5, 0.6) is 0 Å². The number of aliphatic hydroxyl groups is 5. The molecule has 7 atom stereocenters. The minimum absolute atomic E-state index is 0.815. The van der Waals surface area contributed by atoms with Crippen LogP contribution in [0.1, 0.15) is 6.92 Å². The topological polar surface area (TPSA) is 174 Å². The lowest BCUT2D eigenvalue weighted by Crippen LogP contribution is -2.69. The Morgan fingerprint density at radius 1 is 1.47 bits per heavy atom. The molecule has 19 heavy (non-hydrogen) atoms. The fraction of sp³-hybridized carbons (Fsp3) is 0.900. The van der Waals surface area contributed by atoms with Gasteiger partial charge in [-0.1, -0.05) is 6.92 Å². The molecule has 0 aliphatic carbocycles. The number of hydrogen-bond acceptors (Lipinski definition) is 8. The van der Waals surface area contributed by atoms with E-state index in [1.165, 1.54) is 6.92 Å². The van der Waals surface area contributed by atoms with Crippen LogP contribution in [-0.2, 0) is 9.53 Å². The zero-order valence-electron chi connectivity index (χ0n) is 10.2. The number of hydrogen-bond donors (Lipinski definition) is 7. The molecular formula is C10H19NO8. The average Bonchev–Trinajstić information content (AvgIpc) is 2.38. The number of carboxylic acids is 1. The molecule has 1 rings (SSSR count). The summed E-state index contributed by atoms with van der Waals surface area (Å²) in [5.74, 6) is -5.73. The van der Waals surface area contributed by atoms with Gasteiger partial charge in [-0.3, -0.25) is 0 Å². The van der Waals surface area contributed by atoms with Crippen LogP contribution in [0, 0.1) is 5.92 Å². The fourth-order valence-electron chi connectivity index (χ4n) is 2.02. The maximum atomic E-state index is 11.0. The Morgan fingerprint density at radius 2 is 2.00 bits per heavy atom. The van der Waals surface area contributed by atoms with Gasteiger partial charge in [-0.25, -0.2) is 4.79 Å². The standard InChI is InChI=1S/C10H19NO8/c1-3-6(14)5(11)8(7(15)4(13)2-12)19-10(3,18)9(16)17/h3-8,12-15,18H,2,11H2,1H3,(H,16,17)/t3?,4-,5?,6?,7?,8?,10?/m1/s1. The third-order valence-corrected chi connectivity index (χ3v) is 3.44.